The summed E-state index contributed by atoms with van der Waals surface area (Å²) in [7, 11) is 1.84. The van der Waals surface area contributed by atoms with Gasteiger partial charge in [-0.05, 0) is 40.8 Å². The van der Waals surface area contributed by atoms with E-state index < -0.39 is 0 Å². The summed E-state index contributed by atoms with van der Waals surface area (Å²) < 4.78 is 0.774. The topological polar surface area (TPSA) is 59.2 Å². The van der Waals surface area contributed by atoms with E-state index in [0.717, 1.165) is 11.0 Å². The van der Waals surface area contributed by atoms with Crippen LogP contribution in [0.15, 0.2) is 16.7 Å². The first-order valence-electron chi connectivity index (χ1n) is 6.74. The number of nitrogens with zero attached hydrogens (tertiary/aromatic N) is 2. The van der Waals surface area contributed by atoms with Crippen molar-refractivity contribution in [3.05, 3.63) is 22.3 Å². The lowest BCUT2D eigenvalue weighted by Gasteiger charge is -2.27. The lowest BCUT2D eigenvalue weighted by atomic mass is 9.89. The van der Waals surface area contributed by atoms with E-state index in [0.29, 0.717) is 17.3 Å². The van der Waals surface area contributed by atoms with E-state index in [-0.39, 0.29) is 5.91 Å². The minimum atomic E-state index is -0.0446. The number of nitrogen functional groups attached to an aromatic ring is 1. The van der Waals surface area contributed by atoms with E-state index in [4.69, 9.17) is 5.73 Å². The summed E-state index contributed by atoms with van der Waals surface area (Å²) in [5.41, 5.74) is 6.26. The van der Waals surface area contributed by atoms with Crippen LogP contribution in [0, 0.1) is 5.92 Å². The van der Waals surface area contributed by atoms with Crippen molar-refractivity contribution in [2.75, 3.05) is 19.3 Å². The molecule has 0 spiro atoms. The molecule has 2 N–H and O–H groups in total. The van der Waals surface area contributed by atoms with Gasteiger partial charge in [0.25, 0.3) is 5.91 Å². The molecule has 1 aliphatic rings. The molecular formula is C14H20BrN3O. The molecule has 0 radical (unpaired) electrons. The van der Waals surface area contributed by atoms with Crippen molar-refractivity contribution in [2.24, 2.45) is 5.92 Å². The number of pyridine rings is 1. The summed E-state index contributed by atoms with van der Waals surface area (Å²) in [4.78, 5) is 18.2. The van der Waals surface area contributed by atoms with Gasteiger partial charge in [-0.3, -0.25) is 4.79 Å². The van der Waals surface area contributed by atoms with Crippen LogP contribution >= 0.6 is 15.9 Å². The Morgan fingerprint density at radius 1 is 1.47 bits per heavy atom. The van der Waals surface area contributed by atoms with Crippen molar-refractivity contribution in [3.8, 4) is 0 Å². The third kappa shape index (κ3) is 3.69. The number of aromatic nitrogens is 1. The molecule has 0 unspecified atom stereocenters. The quantitative estimate of drug-likeness (QED) is 0.929. The highest BCUT2D eigenvalue weighted by Crippen LogP contribution is 2.25. The molecule has 0 aromatic carbocycles. The van der Waals surface area contributed by atoms with Crippen molar-refractivity contribution >= 4 is 27.7 Å². The van der Waals surface area contributed by atoms with Gasteiger partial charge < -0.3 is 10.6 Å². The van der Waals surface area contributed by atoms with E-state index in [1.165, 1.54) is 32.1 Å². The summed E-state index contributed by atoms with van der Waals surface area (Å²) in [6.45, 7) is 0.810. The van der Waals surface area contributed by atoms with E-state index in [2.05, 4.69) is 20.9 Å². The predicted octanol–water partition coefficient (Wildman–Crippen LogP) is 3.08. The fourth-order valence-electron chi connectivity index (χ4n) is 2.67. The number of carbonyl (C=O) groups excluding carboxylic acids is 1. The molecule has 1 amide bonds. The molecule has 0 bridgehead atoms. The SMILES string of the molecule is CN(CC1CCCCC1)C(=O)c1cc(Br)cnc1N. The Morgan fingerprint density at radius 3 is 2.84 bits per heavy atom. The second-order valence-electron chi connectivity index (χ2n) is 5.28. The van der Waals surface area contributed by atoms with Gasteiger partial charge >= 0.3 is 0 Å². The highest BCUT2D eigenvalue weighted by atomic mass is 79.9. The van der Waals surface area contributed by atoms with E-state index >= 15 is 0 Å². The maximum atomic E-state index is 12.4. The average molecular weight is 326 g/mol. The fourth-order valence-corrected chi connectivity index (χ4v) is 3.00. The fraction of sp³-hybridized carbons (Fsp3) is 0.571. The smallest absolute Gasteiger partial charge is 0.257 e. The molecule has 1 aliphatic carbocycles. The van der Waals surface area contributed by atoms with Gasteiger partial charge in [-0.2, -0.15) is 0 Å². The van der Waals surface area contributed by atoms with Gasteiger partial charge in [-0.15, -0.1) is 0 Å². The predicted molar refractivity (Wildman–Crippen MR) is 79.9 cm³/mol. The molecule has 19 heavy (non-hydrogen) atoms. The molecule has 0 atom stereocenters. The molecule has 1 heterocycles. The lowest BCUT2D eigenvalue weighted by Crippen LogP contribution is -2.33. The van der Waals surface area contributed by atoms with Gasteiger partial charge in [0, 0.05) is 24.3 Å². The van der Waals surface area contributed by atoms with E-state index in [9.17, 15) is 4.79 Å². The van der Waals surface area contributed by atoms with Crippen LogP contribution in [0.25, 0.3) is 0 Å². The number of carbonyl (C=O) groups is 1. The van der Waals surface area contributed by atoms with Crippen molar-refractivity contribution in [3.63, 3.8) is 0 Å². The van der Waals surface area contributed by atoms with Crippen LogP contribution in [-0.4, -0.2) is 29.4 Å². The molecule has 1 aromatic heterocycles. The van der Waals surface area contributed by atoms with Crippen LogP contribution in [0.2, 0.25) is 0 Å². The van der Waals surface area contributed by atoms with Crippen LogP contribution in [0.4, 0.5) is 5.82 Å². The Bertz CT molecular complexity index is 458. The zero-order valence-corrected chi connectivity index (χ0v) is 12.8. The van der Waals surface area contributed by atoms with Gasteiger partial charge in [-0.1, -0.05) is 19.3 Å². The first-order chi connectivity index (χ1) is 9.08. The number of anilines is 1. The zero-order chi connectivity index (χ0) is 13.8. The Hall–Kier alpha value is -1.10. The first kappa shape index (κ1) is 14.3. The molecule has 1 saturated carbocycles. The highest BCUT2D eigenvalue weighted by molar-refractivity contribution is 9.10. The third-order valence-corrected chi connectivity index (χ3v) is 4.15. The Kier molecular flexibility index (Phi) is 4.80. The van der Waals surface area contributed by atoms with Crippen molar-refractivity contribution < 1.29 is 4.79 Å². The maximum Gasteiger partial charge on any atom is 0.257 e. The van der Waals surface area contributed by atoms with Gasteiger partial charge in [0.15, 0.2) is 0 Å². The van der Waals surface area contributed by atoms with Crippen LogP contribution in [0.5, 0.6) is 0 Å². The minimum Gasteiger partial charge on any atom is -0.383 e. The first-order valence-corrected chi connectivity index (χ1v) is 7.53. The summed E-state index contributed by atoms with van der Waals surface area (Å²) >= 11 is 3.32. The molecule has 0 aliphatic heterocycles. The van der Waals surface area contributed by atoms with Gasteiger partial charge in [-0.25, -0.2) is 4.98 Å². The molecule has 1 fully saturated rings. The largest absolute Gasteiger partial charge is 0.383 e. The summed E-state index contributed by atoms with van der Waals surface area (Å²) in [6, 6.07) is 1.74. The standard InChI is InChI=1S/C14H20BrN3O/c1-18(9-10-5-3-2-4-6-10)14(19)12-7-11(15)8-17-13(12)16/h7-8,10H,2-6,9H2,1H3,(H2,16,17). The molecule has 0 saturated heterocycles. The molecular weight excluding hydrogens is 306 g/mol. The normalized spacial score (nSPS) is 16.3. The number of hydrogen-bond donors (Lipinski definition) is 1. The molecule has 1 aromatic rings. The van der Waals surface area contributed by atoms with Crippen LogP contribution in [-0.2, 0) is 0 Å². The van der Waals surface area contributed by atoms with E-state index in [1.54, 1.807) is 17.2 Å². The molecule has 2 rings (SSSR count). The number of rotatable bonds is 3. The summed E-state index contributed by atoms with van der Waals surface area (Å²) in [5.74, 6) is 0.879. The lowest BCUT2D eigenvalue weighted by molar-refractivity contribution is 0.0761. The van der Waals surface area contributed by atoms with Crippen molar-refractivity contribution in [1.29, 1.82) is 0 Å². The van der Waals surface area contributed by atoms with Gasteiger partial charge in [0.05, 0.1) is 5.56 Å². The Labute approximate surface area is 122 Å². The van der Waals surface area contributed by atoms with Crippen LogP contribution < -0.4 is 5.73 Å². The monoisotopic (exact) mass is 325 g/mol. The summed E-state index contributed by atoms with van der Waals surface area (Å²) in [6.07, 6.45) is 7.96. The van der Waals surface area contributed by atoms with E-state index in [1.807, 2.05) is 7.05 Å². The number of hydrogen-bond acceptors (Lipinski definition) is 3. The Balaban J connectivity index is 2.03. The second-order valence-corrected chi connectivity index (χ2v) is 6.19. The molecule has 104 valence electrons. The summed E-state index contributed by atoms with van der Waals surface area (Å²) in [5, 5.41) is 0. The third-order valence-electron chi connectivity index (χ3n) is 3.72. The number of amides is 1. The van der Waals surface area contributed by atoms with Crippen LogP contribution in [0.1, 0.15) is 42.5 Å². The average Bonchev–Trinajstić information content (AvgIpc) is 2.42. The highest BCUT2D eigenvalue weighted by Gasteiger charge is 2.21. The molecule has 4 nitrogen and oxygen atoms in total. The van der Waals surface area contributed by atoms with Crippen molar-refractivity contribution in [2.45, 2.75) is 32.1 Å². The van der Waals surface area contributed by atoms with Gasteiger partial charge in [0.1, 0.15) is 5.82 Å². The minimum absolute atomic E-state index is 0.0446. The maximum absolute atomic E-state index is 12.4. The van der Waals surface area contributed by atoms with Crippen LogP contribution in [0.3, 0.4) is 0 Å². The Morgan fingerprint density at radius 2 is 2.16 bits per heavy atom. The molecule has 5 heteroatoms. The second kappa shape index (κ2) is 6.37. The number of nitrogens with two attached hydrogens (primary N) is 1. The number of halogens is 1. The zero-order valence-electron chi connectivity index (χ0n) is 11.2. The van der Waals surface area contributed by atoms with Crippen molar-refractivity contribution in [1.82, 2.24) is 9.88 Å². The van der Waals surface area contributed by atoms with Gasteiger partial charge in [0.2, 0.25) is 0 Å².